The van der Waals surface area contributed by atoms with Crippen molar-refractivity contribution in [1.82, 2.24) is 20.2 Å². The van der Waals surface area contributed by atoms with Crippen LogP contribution in [0.2, 0.25) is 0 Å². The highest BCUT2D eigenvalue weighted by Crippen LogP contribution is 2.43. The maximum atomic E-state index is 13.4. The molecule has 0 bridgehead atoms. The van der Waals surface area contributed by atoms with Gasteiger partial charge in [-0.05, 0) is 45.0 Å². The Hall–Kier alpha value is -4.06. The molecule has 1 aromatic heterocycles. The lowest BCUT2D eigenvalue weighted by Crippen LogP contribution is -2.33. The number of nitrogens with zero attached hydrogens (tertiary/aromatic N) is 4. The summed E-state index contributed by atoms with van der Waals surface area (Å²) in [6, 6.07) is 28.5. The molecule has 0 spiro atoms. The van der Waals surface area contributed by atoms with Gasteiger partial charge in [-0.25, -0.2) is 0 Å². The molecule has 1 aliphatic heterocycles. The molecule has 2 aliphatic rings. The first-order valence-corrected chi connectivity index (χ1v) is 10.8. The van der Waals surface area contributed by atoms with Gasteiger partial charge in [-0.15, -0.1) is 0 Å². The number of aromatic nitrogens is 4. The summed E-state index contributed by atoms with van der Waals surface area (Å²) >= 11 is 0. The standard InChI is InChI=1S/C26H21N5O/c32-23-16-21(18-9-5-2-6-10-18)15-22-24(23)25(31-26(27-22)28-29-30-31)20-13-11-19(12-14-20)17-7-3-1-4-8-17/h1-14,21,25H,15-16H2,(H,27,28,30). The van der Waals surface area contributed by atoms with Crippen LogP contribution in [0.3, 0.4) is 0 Å². The predicted octanol–water partition coefficient (Wildman–Crippen LogP) is 4.76. The van der Waals surface area contributed by atoms with Crippen molar-refractivity contribution in [2.24, 2.45) is 0 Å². The van der Waals surface area contributed by atoms with Crippen molar-refractivity contribution in [1.29, 1.82) is 0 Å². The molecule has 6 rings (SSSR count). The number of carbonyl (C=O) groups is 1. The summed E-state index contributed by atoms with van der Waals surface area (Å²) in [5, 5.41) is 15.6. The molecular formula is C26H21N5O. The van der Waals surface area contributed by atoms with Crippen LogP contribution in [0.5, 0.6) is 0 Å². The Morgan fingerprint density at radius 1 is 0.781 bits per heavy atom. The number of nitrogens with one attached hydrogen (secondary N) is 1. The maximum absolute atomic E-state index is 13.4. The van der Waals surface area contributed by atoms with Crippen LogP contribution in [0, 0.1) is 0 Å². The minimum absolute atomic E-state index is 0.144. The fraction of sp³-hybridized carbons (Fsp3) is 0.154. The third-order valence-corrected chi connectivity index (χ3v) is 6.39. The van der Waals surface area contributed by atoms with E-state index < -0.39 is 0 Å². The number of tetrazole rings is 1. The van der Waals surface area contributed by atoms with Gasteiger partial charge in [0, 0.05) is 17.7 Å². The maximum Gasteiger partial charge on any atom is 0.248 e. The number of rotatable bonds is 3. The molecule has 0 fully saturated rings. The monoisotopic (exact) mass is 419 g/mol. The van der Waals surface area contributed by atoms with Gasteiger partial charge in [-0.3, -0.25) is 4.79 Å². The number of hydrogen-bond donors (Lipinski definition) is 1. The van der Waals surface area contributed by atoms with Gasteiger partial charge in [0.1, 0.15) is 6.04 Å². The van der Waals surface area contributed by atoms with Gasteiger partial charge in [-0.2, -0.15) is 4.68 Å². The normalized spacial score (nSPS) is 19.8. The molecule has 0 saturated carbocycles. The molecule has 2 unspecified atom stereocenters. The van der Waals surface area contributed by atoms with Crippen LogP contribution in [0.15, 0.2) is 96.2 Å². The number of anilines is 1. The van der Waals surface area contributed by atoms with E-state index in [0.29, 0.717) is 12.4 Å². The Labute approximate surface area is 185 Å². The van der Waals surface area contributed by atoms with E-state index in [0.717, 1.165) is 34.4 Å². The number of carbonyl (C=O) groups excluding carboxylic acids is 1. The Kier molecular flexibility index (Phi) is 4.42. The van der Waals surface area contributed by atoms with E-state index in [9.17, 15) is 4.79 Å². The first kappa shape index (κ1) is 18.7. The van der Waals surface area contributed by atoms with Crippen LogP contribution >= 0.6 is 0 Å². The molecule has 6 heteroatoms. The molecule has 0 amide bonds. The third-order valence-electron chi connectivity index (χ3n) is 6.39. The zero-order valence-electron chi connectivity index (χ0n) is 17.3. The van der Waals surface area contributed by atoms with E-state index in [2.05, 4.69) is 69.4 Å². The van der Waals surface area contributed by atoms with E-state index in [1.165, 1.54) is 5.56 Å². The van der Waals surface area contributed by atoms with E-state index in [1.807, 2.05) is 36.4 Å². The van der Waals surface area contributed by atoms with Crippen LogP contribution in [0.4, 0.5) is 5.95 Å². The molecule has 0 saturated heterocycles. The van der Waals surface area contributed by atoms with Crippen LogP contribution < -0.4 is 5.32 Å². The summed E-state index contributed by atoms with van der Waals surface area (Å²) in [6.07, 6.45) is 1.25. The van der Waals surface area contributed by atoms with E-state index in [1.54, 1.807) is 4.68 Å². The van der Waals surface area contributed by atoms with Gasteiger partial charge >= 0.3 is 0 Å². The van der Waals surface area contributed by atoms with Crippen molar-refractivity contribution in [3.63, 3.8) is 0 Å². The van der Waals surface area contributed by atoms with Gasteiger partial charge < -0.3 is 5.32 Å². The average Bonchev–Trinajstić information content (AvgIpc) is 3.32. The Bertz CT molecular complexity index is 1310. The van der Waals surface area contributed by atoms with Crippen molar-refractivity contribution < 1.29 is 4.79 Å². The van der Waals surface area contributed by atoms with Gasteiger partial charge in [0.25, 0.3) is 0 Å². The van der Waals surface area contributed by atoms with Crippen LogP contribution in [-0.4, -0.2) is 26.0 Å². The van der Waals surface area contributed by atoms with Crippen LogP contribution in [0.1, 0.15) is 35.9 Å². The lowest BCUT2D eigenvalue weighted by Gasteiger charge is -2.34. The van der Waals surface area contributed by atoms with Crippen LogP contribution in [-0.2, 0) is 4.79 Å². The predicted molar refractivity (Wildman–Crippen MR) is 122 cm³/mol. The summed E-state index contributed by atoms with van der Waals surface area (Å²) in [7, 11) is 0. The molecule has 1 aliphatic carbocycles. The molecule has 2 atom stereocenters. The first-order valence-electron chi connectivity index (χ1n) is 10.8. The highest BCUT2D eigenvalue weighted by Gasteiger charge is 2.39. The van der Waals surface area contributed by atoms with Gasteiger partial charge in [0.15, 0.2) is 5.78 Å². The SMILES string of the molecule is O=C1CC(c2ccccc2)CC2=C1C(c1ccc(-c3ccccc3)cc1)n1nnnc1N2. The molecule has 32 heavy (non-hydrogen) atoms. The topological polar surface area (TPSA) is 72.7 Å². The summed E-state index contributed by atoms with van der Waals surface area (Å²) in [4.78, 5) is 13.4. The summed E-state index contributed by atoms with van der Waals surface area (Å²) < 4.78 is 1.72. The summed E-state index contributed by atoms with van der Waals surface area (Å²) in [5.74, 6) is 0.867. The first-order chi connectivity index (χ1) is 15.8. The number of hydrogen-bond acceptors (Lipinski definition) is 5. The van der Waals surface area contributed by atoms with Crippen molar-refractivity contribution in [2.45, 2.75) is 24.8 Å². The van der Waals surface area contributed by atoms with Crippen molar-refractivity contribution in [3.8, 4) is 11.1 Å². The van der Waals surface area contributed by atoms with Gasteiger partial charge in [0.2, 0.25) is 5.95 Å². The van der Waals surface area contributed by atoms with Gasteiger partial charge in [0.05, 0.1) is 0 Å². The molecule has 3 aromatic carbocycles. The summed E-state index contributed by atoms with van der Waals surface area (Å²) in [5.41, 5.74) is 6.17. The molecule has 4 aromatic rings. The van der Waals surface area contributed by atoms with E-state index >= 15 is 0 Å². The second kappa shape index (κ2) is 7.57. The van der Waals surface area contributed by atoms with Crippen LogP contribution in [0.25, 0.3) is 11.1 Å². The summed E-state index contributed by atoms with van der Waals surface area (Å²) in [6.45, 7) is 0. The minimum Gasteiger partial charge on any atom is -0.326 e. The van der Waals surface area contributed by atoms with E-state index in [-0.39, 0.29) is 17.7 Å². The minimum atomic E-state index is -0.328. The second-order valence-electron chi connectivity index (χ2n) is 8.29. The van der Waals surface area contributed by atoms with Crippen molar-refractivity contribution in [2.75, 3.05) is 5.32 Å². The third kappa shape index (κ3) is 3.12. The number of benzene rings is 3. The smallest absolute Gasteiger partial charge is 0.248 e. The molecule has 0 radical (unpaired) electrons. The number of allylic oxidation sites excluding steroid dienone is 2. The quantitative estimate of drug-likeness (QED) is 0.519. The van der Waals surface area contributed by atoms with Gasteiger partial charge in [-0.1, -0.05) is 90.0 Å². The van der Waals surface area contributed by atoms with Crippen molar-refractivity contribution in [3.05, 3.63) is 107 Å². The number of fused-ring (bicyclic) bond motifs is 1. The average molecular weight is 419 g/mol. The molecular weight excluding hydrogens is 398 g/mol. The zero-order valence-corrected chi connectivity index (χ0v) is 17.3. The highest BCUT2D eigenvalue weighted by atomic mass is 16.1. The second-order valence-corrected chi connectivity index (χ2v) is 8.29. The Balaban J connectivity index is 1.40. The van der Waals surface area contributed by atoms with Crippen molar-refractivity contribution >= 4 is 11.7 Å². The van der Waals surface area contributed by atoms with E-state index in [4.69, 9.17) is 0 Å². The highest BCUT2D eigenvalue weighted by molar-refractivity contribution is 6.00. The molecule has 2 heterocycles. The molecule has 1 N–H and O–H groups in total. The number of ketones is 1. The largest absolute Gasteiger partial charge is 0.326 e. The molecule has 6 nitrogen and oxygen atoms in total. The molecule has 156 valence electrons. The Morgan fingerprint density at radius 2 is 1.47 bits per heavy atom. The number of Topliss-reactive ketones (excluding diaryl/α,β-unsaturated/α-hetero) is 1. The zero-order chi connectivity index (χ0) is 21.5. The lowest BCUT2D eigenvalue weighted by molar-refractivity contribution is -0.116. The lowest BCUT2D eigenvalue weighted by atomic mass is 9.78. The Morgan fingerprint density at radius 3 is 2.22 bits per heavy atom. The fourth-order valence-corrected chi connectivity index (χ4v) is 4.83. The fourth-order valence-electron chi connectivity index (χ4n) is 4.83.